The molecule has 6 heteroatoms. The molecule has 1 aliphatic carbocycles. The minimum absolute atomic E-state index is 0.499. The second-order valence-electron chi connectivity index (χ2n) is 7.11. The van der Waals surface area contributed by atoms with Gasteiger partial charge in [-0.2, -0.15) is 0 Å². The monoisotopic (exact) mass is 423 g/mol. The SMILES string of the molecule is CCN=C(NC1CC1c1ccc(Br)cc1)N1CCC(COCCOC)C1. The van der Waals surface area contributed by atoms with Gasteiger partial charge in [-0.25, -0.2) is 0 Å². The lowest BCUT2D eigenvalue weighted by molar-refractivity contribution is 0.0536. The molecular weight excluding hydrogens is 394 g/mol. The highest BCUT2D eigenvalue weighted by Gasteiger charge is 2.40. The van der Waals surface area contributed by atoms with Crippen LogP contribution in [0.2, 0.25) is 0 Å². The molecule has 1 aliphatic heterocycles. The number of likely N-dealkylation sites (tertiary alicyclic amines) is 1. The lowest BCUT2D eigenvalue weighted by atomic mass is 10.1. The number of halogens is 1. The van der Waals surface area contributed by atoms with Crippen LogP contribution < -0.4 is 5.32 Å². The molecule has 144 valence electrons. The van der Waals surface area contributed by atoms with Crippen LogP contribution in [0.4, 0.5) is 0 Å². The van der Waals surface area contributed by atoms with Gasteiger partial charge in [0.2, 0.25) is 0 Å². The molecule has 5 nitrogen and oxygen atoms in total. The van der Waals surface area contributed by atoms with Gasteiger partial charge >= 0.3 is 0 Å². The standard InChI is InChI=1S/C20H30BrN3O2/c1-3-22-20(24-9-8-15(13-24)14-26-11-10-25-2)23-19-12-18(19)16-4-6-17(21)7-5-16/h4-7,15,18-19H,3,8-14H2,1-2H3,(H,22,23). The maximum absolute atomic E-state index is 5.71. The first-order chi connectivity index (χ1) is 12.7. The normalized spacial score (nSPS) is 25.6. The second-order valence-corrected chi connectivity index (χ2v) is 8.03. The summed E-state index contributed by atoms with van der Waals surface area (Å²) in [5.41, 5.74) is 1.41. The van der Waals surface area contributed by atoms with Crippen LogP contribution in [0.5, 0.6) is 0 Å². The molecule has 2 aliphatic rings. The summed E-state index contributed by atoms with van der Waals surface area (Å²) in [6.07, 6.45) is 2.35. The van der Waals surface area contributed by atoms with Crippen molar-refractivity contribution in [3.63, 3.8) is 0 Å². The fraction of sp³-hybridized carbons (Fsp3) is 0.650. The smallest absolute Gasteiger partial charge is 0.194 e. The number of nitrogens with zero attached hydrogens (tertiary/aromatic N) is 2. The van der Waals surface area contributed by atoms with Crippen molar-refractivity contribution in [2.24, 2.45) is 10.9 Å². The third kappa shape index (κ3) is 5.44. The topological polar surface area (TPSA) is 46.1 Å². The number of hydrogen-bond donors (Lipinski definition) is 1. The number of guanidine groups is 1. The van der Waals surface area contributed by atoms with Crippen LogP contribution in [-0.4, -0.2) is 63.5 Å². The average Bonchev–Trinajstić information content (AvgIpc) is 3.25. The largest absolute Gasteiger partial charge is 0.382 e. The Morgan fingerprint density at radius 2 is 2.12 bits per heavy atom. The van der Waals surface area contributed by atoms with E-state index in [1.165, 1.54) is 12.0 Å². The molecule has 0 bridgehead atoms. The van der Waals surface area contributed by atoms with Crippen molar-refractivity contribution >= 4 is 21.9 Å². The highest BCUT2D eigenvalue weighted by molar-refractivity contribution is 9.10. The fourth-order valence-corrected chi connectivity index (χ4v) is 3.80. The van der Waals surface area contributed by atoms with Crippen LogP contribution in [0.15, 0.2) is 33.7 Å². The Labute approximate surface area is 165 Å². The van der Waals surface area contributed by atoms with Gasteiger partial charge in [0.25, 0.3) is 0 Å². The Morgan fingerprint density at radius 3 is 2.85 bits per heavy atom. The zero-order valence-corrected chi connectivity index (χ0v) is 17.4. The van der Waals surface area contributed by atoms with E-state index in [9.17, 15) is 0 Å². The van der Waals surface area contributed by atoms with E-state index in [2.05, 4.69) is 57.3 Å². The molecule has 1 saturated heterocycles. The first-order valence-electron chi connectivity index (χ1n) is 9.59. The van der Waals surface area contributed by atoms with Gasteiger partial charge < -0.3 is 19.7 Å². The highest BCUT2D eigenvalue weighted by Crippen LogP contribution is 2.41. The number of nitrogens with one attached hydrogen (secondary N) is 1. The summed E-state index contributed by atoms with van der Waals surface area (Å²) >= 11 is 3.51. The van der Waals surface area contributed by atoms with Crippen molar-refractivity contribution in [3.8, 4) is 0 Å². The zero-order valence-electron chi connectivity index (χ0n) is 15.8. The minimum Gasteiger partial charge on any atom is -0.382 e. The lowest BCUT2D eigenvalue weighted by Crippen LogP contribution is -2.42. The van der Waals surface area contributed by atoms with Crippen LogP contribution in [0.25, 0.3) is 0 Å². The summed E-state index contributed by atoms with van der Waals surface area (Å²) in [4.78, 5) is 7.13. The molecule has 0 spiro atoms. The summed E-state index contributed by atoms with van der Waals surface area (Å²) in [6, 6.07) is 9.19. The van der Waals surface area contributed by atoms with E-state index in [1.807, 2.05) is 0 Å². The van der Waals surface area contributed by atoms with E-state index in [0.29, 0.717) is 31.1 Å². The van der Waals surface area contributed by atoms with Crippen LogP contribution in [0, 0.1) is 5.92 Å². The summed E-state index contributed by atoms with van der Waals surface area (Å²) < 4.78 is 11.9. The zero-order chi connectivity index (χ0) is 18.4. The fourth-order valence-electron chi connectivity index (χ4n) is 3.54. The van der Waals surface area contributed by atoms with Crippen molar-refractivity contribution < 1.29 is 9.47 Å². The summed E-state index contributed by atoms with van der Waals surface area (Å²) in [5.74, 6) is 2.25. The molecule has 1 aromatic rings. The predicted octanol–water partition coefficient (Wildman–Crippen LogP) is 3.26. The Bertz CT molecular complexity index is 593. The Kier molecular flexibility index (Phi) is 7.34. The molecule has 3 atom stereocenters. The van der Waals surface area contributed by atoms with Crippen molar-refractivity contribution in [2.75, 3.05) is 46.6 Å². The summed E-state index contributed by atoms with van der Waals surface area (Å²) in [5, 5.41) is 3.70. The number of methoxy groups -OCH3 is 1. The molecule has 0 amide bonds. The molecule has 1 saturated carbocycles. The van der Waals surface area contributed by atoms with Gasteiger partial charge in [0.05, 0.1) is 19.8 Å². The lowest BCUT2D eigenvalue weighted by Gasteiger charge is -2.22. The van der Waals surface area contributed by atoms with Crippen LogP contribution in [-0.2, 0) is 9.47 Å². The van der Waals surface area contributed by atoms with Crippen LogP contribution in [0.1, 0.15) is 31.2 Å². The third-order valence-electron chi connectivity index (χ3n) is 5.08. The van der Waals surface area contributed by atoms with Gasteiger partial charge in [0.15, 0.2) is 5.96 Å². The maximum Gasteiger partial charge on any atom is 0.194 e. The van der Waals surface area contributed by atoms with E-state index >= 15 is 0 Å². The van der Waals surface area contributed by atoms with Crippen molar-refractivity contribution in [2.45, 2.75) is 31.7 Å². The van der Waals surface area contributed by atoms with Gasteiger partial charge in [0.1, 0.15) is 0 Å². The van der Waals surface area contributed by atoms with E-state index in [0.717, 1.165) is 43.1 Å². The van der Waals surface area contributed by atoms with Gasteiger partial charge in [-0.3, -0.25) is 4.99 Å². The molecule has 1 aromatic carbocycles. The van der Waals surface area contributed by atoms with Crippen molar-refractivity contribution in [1.82, 2.24) is 10.2 Å². The Balaban J connectivity index is 1.48. The molecule has 2 fully saturated rings. The average molecular weight is 424 g/mol. The third-order valence-corrected chi connectivity index (χ3v) is 5.61. The molecule has 1 N–H and O–H groups in total. The minimum atomic E-state index is 0.499. The van der Waals surface area contributed by atoms with Gasteiger partial charge in [0, 0.05) is 49.1 Å². The van der Waals surface area contributed by atoms with E-state index in [4.69, 9.17) is 14.5 Å². The Hall–Kier alpha value is -1.11. The van der Waals surface area contributed by atoms with Crippen LogP contribution in [0.3, 0.4) is 0 Å². The highest BCUT2D eigenvalue weighted by atomic mass is 79.9. The predicted molar refractivity (Wildman–Crippen MR) is 109 cm³/mol. The molecule has 3 rings (SSSR count). The Morgan fingerprint density at radius 1 is 1.31 bits per heavy atom. The number of rotatable bonds is 8. The number of ether oxygens (including phenoxy) is 2. The number of benzene rings is 1. The van der Waals surface area contributed by atoms with Gasteiger partial charge in [-0.05, 0) is 37.5 Å². The molecule has 26 heavy (non-hydrogen) atoms. The van der Waals surface area contributed by atoms with Gasteiger partial charge in [-0.1, -0.05) is 28.1 Å². The molecule has 1 heterocycles. The second kappa shape index (κ2) is 9.72. The van der Waals surface area contributed by atoms with Crippen molar-refractivity contribution in [3.05, 3.63) is 34.3 Å². The quantitative estimate of drug-likeness (QED) is 0.396. The summed E-state index contributed by atoms with van der Waals surface area (Å²) in [6.45, 7) is 7.14. The summed E-state index contributed by atoms with van der Waals surface area (Å²) in [7, 11) is 1.71. The molecule has 0 radical (unpaired) electrons. The maximum atomic E-state index is 5.71. The van der Waals surface area contributed by atoms with E-state index < -0.39 is 0 Å². The van der Waals surface area contributed by atoms with Crippen LogP contribution >= 0.6 is 15.9 Å². The van der Waals surface area contributed by atoms with E-state index in [1.54, 1.807) is 7.11 Å². The molecular formula is C20H30BrN3O2. The van der Waals surface area contributed by atoms with Gasteiger partial charge in [-0.15, -0.1) is 0 Å². The van der Waals surface area contributed by atoms with E-state index in [-0.39, 0.29) is 0 Å². The number of aliphatic imine (C=N–C) groups is 1. The first-order valence-corrected chi connectivity index (χ1v) is 10.4. The molecule has 0 aromatic heterocycles. The molecule has 3 unspecified atom stereocenters. The first kappa shape index (κ1) is 19.6. The number of hydrogen-bond acceptors (Lipinski definition) is 3. The van der Waals surface area contributed by atoms with Crippen molar-refractivity contribution in [1.29, 1.82) is 0 Å².